The summed E-state index contributed by atoms with van der Waals surface area (Å²) in [7, 11) is 1.18. The smallest absolute Gasteiger partial charge is 0.268 e. The lowest BCUT2D eigenvalue weighted by Crippen LogP contribution is -2.45. The van der Waals surface area contributed by atoms with Crippen LogP contribution in [0.2, 0.25) is 0 Å². The SMILES string of the molecule is CC/C=C\C/C=C\C/C=C\C/C=C\C/C=C\C/C=C\CCC(=O)NC(COP(=O)([O-])OCC[N+](C)(C)C)C(O)/C=C/CC/C=C/CCCCCCCCCCCCCCCC. The first-order chi connectivity index (χ1) is 29.5. The number of unbranched alkanes of at least 4 members (excludes halogenated alkanes) is 15. The molecular formula is C52H91N2O6P. The molecule has 61 heavy (non-hydrogen) atoms. The zero-order chi connectivity index (χ0) is 45.0. The van der Waals surface area contributed by atoms with Gasteiger partial charge >= 0.3 is 0 Å². The van der Waals surface area contributed by atoms with Crippen molar-refractivity contribution in [3.63, 3.8) is 0 Å². The van der Waals surface area contributed by atoms with E-state index in [4.69, 9.17) is 9.05 Å². The summed E-state index contributed by atoms with van der Waals surface area (Å²) in [6.45, 7) is 4.44. The molecular weight excluding hydrogens is 780 g/mol. The quantitative estimate of drug-likeness (QED) is 0.0274. The van der Waals surface area contributed by atoms with Crippen LogP contribution < -0.4 is 10.2 Å². The second kappa shape index (κ2) is 42.7. The number of likely N-dealkylation sites (N-methyl/N-ethyl adjacent to an activating group) is 1. The summed E-state index contributed by atoms with van der Waals surface area (Å²) >= 11 is 0. The van der Waals surface area contributed by atoms with Crippen LogP contribution in [0.25, 0.3) is 0 Å². The molecule has 0 aromatic heterocycles. The van der Waals surface area contributed by atoms with E-state index in [1.165, 1.54) is 89.9 Å². The Morgan fingerprint density at radius 3 is 1.51 bits per heavy atom. The van der Waals surface area contributed by atoms with Crippen LogP contribution >= 0.6 is 7.82 Å². The molecule has 0 rings (SSSR count). The number of carbonyl (C=O) groups is 1. The number of amides is 1. The molecule has 0 saturated heterocycles. The number of nitrogens with one attached hydrogen (secondary N) is 1. The third-order valence-corrected chi connectivity index (χ3v) is 11.0. The molecule has 0 aliphatic rings. The van der Waals surface area contributed by atoms with Gasteiger partial charge in [0, 0.05) is 6.42 Å². The summed E-state index contributed by atoms with van der Waals surface area (Å²) in [5.41, 5.74) is 0. The normalized spacial score (nSPS) is 15.1. The zero-order valence-electron chi connectivity index (χ0n) is 39.6. The Hall–Kier alpha value is -2.58. The van der Waals surface area contributed by atoms with Crippen LogP contribution in [-0.2, 0) is 18.4 Å². The summed E-state index contributed by atoms with van der Waals surface area (Å²) in [5, 5.41) is 13.7. The molecule has 2 N–H and O–H groups in total. The highest BCUT2D eigenvalue weighted by Crippen LogP contribution is 2.38. The molecule has 0 fully saturated rings. The molecule has 8 nitrogen and oxygen atoms in total. The van der Waals surface area contributed by atoms with E-state index >= 15 is 0 Å². The van der Waals surface area contributed by atoms with Crippen molar-refractivity contribution in [1.82, 2.24) is 5.32 Å². The topological polar surface area (TPSA) is 108 Å². The summed E-state index contributed by atoms with van der Waals surface area (Å²) < 4.78 is 23.2. The number of nitrogens with zero attached hydrogens (tertiary/aromatic N) is 1. The number of aliphatic hydroxyl groups excluding tert-OH is 1. The predicted molar refractivity (Wildman–Crippen MR) is 260 cm³/mol. The summed E-state index contributed by atoms with van der Waals surface area (Å²) in [6, 6.07) is -0.950. The van der Waals surface area contributed by atoms with Gasteiger partial charge in [-0.3, -0.25) is 9.36 Å². The molecule has 350 valence electrons. The fourth-order valence-electron chi connectivity index (χ4n) is 6.25. The molecule has 1 amide bonds. The van der Waals surface area contributed by atoms with E-state index in [1.807, 2.05) is 39.4 Å². The van der Waals surface area contributed by atoms with Crippen molar-refractivity contribution in [3.8, 4) is 0 Å². The van der Waals surface area contributed by atoms with E-state index in [0.717, 1.165) is 57.8 Å². The summed E-state index contributed by atoms with van der Waals surface area (Å²) in [5.74, 6) is -0.293. The zero-order valence-corrected chi connectivity index (χ0v) is 40.5. The van der Waals surface area contributed by atoms with Crippen LogP contribution in [0.15, 0.2) is 97.2 Å². The number of phosphoric ester groups is 1. The van der Waals surface area contributed by atoms with Crippen molar-refractivity contribution in [2.45, 2.75) is 187 Å². The van der Waals surface area contributed by atoms with Gasteiger partial charge in [-0.05, 0) is 70.6 Å². The molecule has 0 spiro atoms. The average Bonchev–Trinajstić information content (AvgIpc) is 3.21. The number of phosphoric acid groups is 1. The van der Waals surface area contributed by atoms with Gasteiger partial charge in [-0.1, -0.05) is 195 Å². The molecule has 3 unspecified atom stereocenters. The van der Waals surface area contributed by atoms with Gasteiger partial charge in [0.05, 0.1) is 39.9 Å². The predicted octanol–water partition coefficient (Wildman–Crippen LogP) is 13.3. The Morgan fingerprint density at radius 1 is 0.590 bits per heavy atom. The first kappa shape index (κ1) is 58.4. The van der Waals surface area contributed by atoms with E-state index in [-0.39, 0.29) is 18.9 Å². The number of quaternary nitrogens is 1. The highest BCUT2D eigenvalue weighted by Gasteiger charge is 2.23. The molecule has 0 radical (unpaired) electrons. The van der Waals surface area contributed by atoms with Crippen LogP contribution in [0.1, 0.15) is 174 Å². The standard InChI is InChI=1S/C52H91N2O6P/c1-6-8-10-12-14-16-18-20-22-24-26-28-29-31-33-35-37-39-41-43-45-51(55)50(49-60-61(57,58)59-48-47-54(3,4)5)53-52(56)46-44-42-40-38-36-34-32-30-27-25-23-21-19-17-15-13-11-9-7-2/h9,11,15,17,21,23,27,30,34-37,40,42-43,45,50-51,55H,6-8,10,12-14,16,18-20,22,24-26,28-29,31-33,38-39,41,44,46-49H2,1-5H3,(H-,53,56,57,58)/b11-9-,17-15-,23-21-,30-27-,36-34-,37-35+,42-40-,45-43+. The Kier molecular flexibility index (Phi) is 40.9. The maximum absolute atomic E-state index is 12.8. The minimum atomic E-state index is -4.63. The van der Waals surface area contributed by atoms with E-state index in [9.17, 15) is 19.4 Å². The van der Waals surface area contributed by atoms with E-state index in [1.54, 1.807) is 6.08 Å². The van der Waals surface area contributed by atoms with Crippen molar-refractivity contribution in [2.24, 2.45) is 0 Å². The van der Waals surface area contributed by atoms with Crippen molar-refractivity contribution in [3.05, 3.63) is 97.2 Å². The Balaban J connectivity index is 4.56. The van der Waals surface area contributed by atoms with E-state index < -0.39 is 26.6 Å². The number of hydrogen-bond donors (Lipinski definition) is 2. The third kappa shape index (κ3) is 45.3. The van der Waals surface area contributed by atoms with E-state index in [0.29, 0.717) is 17.4 Å². The summed E-state index contributed by atoms with van der Waals surface area (Å²) in [6.07, 6.45) is 60.5. The van der Waals surface area contributed by atoms with Gasteiger partial charge in [0.2, 0.25) is 5.91 Å². The lowest BCUT2D eigenvalue weighted by Gasteiger charge is -2.29. The van der Waals surface area contributed by atoms with E-state index in [2.05, 4.69) is 92.1 Å². The lowest BCUT2D eigenvalue weighted by atomic mass is 10.0. The number of hydrogen-bond acceptors (Lipinski definition) is 6. The largest absolute Gasteiger partial charge is 0.756 e. The van der Waals surface area contributed by atoms with Crippen LogP contribution in [0.5, 0.6) is 0 Å². The molecule has 0 saturated carbocycles. The molecule has 0 aromatic carbocycles. The molecule has 9 heteroatoms. The minimum Gasteiger partial charge on any atom is -0.756 e. The van der Waals surface area contributed by atoms with Gasteiger partial charge in [-0.15, -0.1) is 0 Å². The lowest BCUT2D eigenvalue weighted by molar-refractivity contribution is -0.870. The first-order valence-electron chi connectivity index (χ1n) is 24.1. The summed E-state index contributed by atoms with van der Waals surface area (Å²) in [4.78, 5) is 25.3. The number of rotatable bonds is 42. The van der Waals surface area contributed by atoms with Crippen molar-refractivity contribution >= 4 is 13.7 Å². The third-order valence-electron chi connectivity index (χ3n) is 10.0. The number of allylic oxidation sites excluding steroid dienone is 15. The second-order valence-corrected chi connectivity index (χ2v) is 18.5. The maximum atomic E-state index is 12.8. The van der Waals surface area contributed by atoms with Gasteiger partial charge in [0.15, 0.2) is 0 Å². The van der Waals surface area contributed by atoms with Crippen LogP contribution in [0, 0.1) is 0 Å². The van der Waals surface area contributed by atoms with Crippen LogP contribution in [-0.4, -0.2) is 68.5 Å². The molecule has 3 atom stereocenters. The van der Waals surface area contributed by atoms with Gasteiger partial charge in [-0.25, -0.2) is 0 Å². The van der Waals surface area contributed by atoms with Gasteiger partial charge in [0.25, 0.3) is 7.82 Å². The number of aliphatic hydroxyl groups is 1. The monoisotopic (exact) mass is 871 g/mol. The maximum Gasteiger partial charge on any atom is 0.268 e. The molecule has 0 aromatic rings. The van der Waals surface area contributed by atoms with Gasteiger partial charge in [-0.2, -0.15) is 0 Å². The van der Waals surface area contributed by atoms with Gasteiger partial charge in [0.1, 0.15) is 13.2 Å². The Morgan fingerprint density at radius 2 is 1.02 bits per heavy atom. The second-order valence-electron chi connectivity index (χ2n) is 17.1. The van der Waals surface area contributed by atoms with Gasteiger partial charge < -0.3 is 28.8 Å². The Labute approximate surface area is 375 Å². The highest BCUT2D eigenvalue weighted by molar-refractivity contribution is 7.45. The van der Waals surface area contributed by atoms with Crippen molar-refractivity contribution < 1.29 is 32.9 Å². The average molecular weight is 871 g/mol. The highest BCUT2D eigenvalue weighted by atomic mass is 31.2. The molecule has 0 heterocycles. The van der Waals surface area contributed by atoms with Crippen LogP contribution in [0.3, 0.4) is 0 Å². The number of carbonyl (C=O) groups excluding carboxylic acids is 1. The van der Waals surface area contributed by atoms with Crippen molar-refractivity contribution in [2.75, 3.05) is 40.9 Å². The fraction of sp³-hybridized carbons (Fsp3) is 0.673. The molecule has 0 aliphatic carbocycles. The van der Waals surface area contributed by atoms with Crippen LogP contribution in [0.4, 0.5) is 0 Å². The fourth-order valence-corrected chi connectivity index (χ4v) is 6.97. The molecule has 0 aliphatic heterocycles. The van der Waals surface area contributed by atoms with Crippen molar-refractivity contribution in [1.29, 1.82) is 0 Å². The first-order valence-corrected chi connectivity index (χ1v) is 25.6. The molecule has 0 bridgehead atoms. The Bertz CT molecular complexity index is 1310. The minimum absolute atomic E-state index is 0.0252.